The maximum atomic E-state index is 13.7. The standard InChI is InChI=1S/C24H27N3O4S/c1-17-8-9-20-21(16-17)32-24(25-20)27(11-5-10-26-12-14-31-15-13-26)22(28)18-6-3-4-7-19(18)23(29)30-2/h3-4,6-9,16H,5,10-15H2,1-2H3. The second-order valence-electron chi connectivity index (χ2n) is 7.77. The molecule has 1 aliphatic heterocycles. The maximum Gasteiger partial charge on any atom is 0.338 e. The van der Waals surface area contributed by atoms with E-state index in [1.807, 2.05) is 19.1 Å². The predicted molar refractivity (Wildman–Crippen MR) is 126 cm³/mol. The Bertz CT molecular complexity index is 1110. The molecule has 2 aromatic carbocycles. The van der Waals surface area contributed by atoms with Gasteiger partial charge in [0.1, 0.15) is 0 Å². The van der Waals surface area contributed by atoms with Crippen molar-refractivity contribution in [2.75, 3.05) is 51.4 Å². The van der Waals surface area contributed by atoms with Crippen molar-refractivity contribution in [3.63, 3.8) is 0 Å². The third-order valence-corrected chi connectivity index (χ3v) is 6.57. The highest BCUT2D eigenvalue weighted by molar-refractivity contribution is 7.22. The number of methoxy groups -OCH3 is 1. The molecule has 1 amide bonds. The third kappa shape index (κ3) is 4.98. The Hall–Kier alpha value is -2.81. The first-order valence-electron chi connectivity index (χ1n) is 10.7. The van der Waals surface area contributed by atoms with Gasteiger partial charge < -0.3 is 9.47 Å². The number of amides is 1. The van der Waals surface area contributed by atoms with Gasteiger partial charge in [0, 0.05) is 26.2 Å². The van der Waals surface area contributed by atoms with Crippen molar-refractivity contribution in [3.8, 4) is 0 Å². The van der Waals surface area contributed by atoms with E-state index in [2.05, 4.69) is 11.0 Å². The Balaban J connectivity index is 1.63. The topological polar surface area (TPSA) is 72.0 Å². The summed E-state index contributed by atoms with van der Waals surface area (Å²) in [6.45, 7) is 6.70. The lowest BCUT2D eigenvalue weighted by molar-refractivity contribution is 0.0376. The molecular weight excluding hydrogens is 426 g/mol. The van der Waals surface area contributed by atoms with Crippen molar-refractivity contribution in [1.29, 1.82) is 0 Å². The second-order valence-corrected chi connectivity index (χ2v) is 8.78. The van der Waals surface area contributed by atoms with Gasteiger partial charge in [0.05, 0.1) is 41.7 Å². The summed E-state index contributed by atoms with van der Waals surface area (Å²) in [5.74, 6) is -0.772. The van der Waals surface area contributed by atoms with E-state index in [-0.39, 0.29) is 11.5 Å². The summed E-state index contributed by atoms with van der Waals surface area (Å²) in [6, 6.07) is 12.8. The molecule has 0 saturated carbocycles. The average Bonchev–Trinajstić information content (AvgIpc) is 3.24. The number of ether oxygens (including phenoxy) is 2. The zero-order chi connectivity index (χ0) is 22.5. The number of nitrogens with zero attached hydrogens (tertiary/aromatic N) is 3. The Labute approximate surface area is 191 Å². The lowest BCUT2D eigenvalue weighted by Crippen LogP contribution is -2.39. The molecule has 1 aliphatic rings. The SMILES string of the molecule is COC(=O)c1ccccc1C(=O)N(CCCN1CCOCC1)c1nc2ccc(C)cc2s1. The Morgan fingerprint density at radius 2 is 1.91 bits per heavy atom. The molecule has 1 aromatic heterocycles. The summed E-state index contributed by atoms with van der Waals surface area (Å²) in [7, 11) is 1.32. The number of morpholine rings is 1. The highest BCUT2D eigenvalue weighted by Crippen LogP contribution is 2.31. The van der Waals surface area contributed by atoms with Crippen LogP contribution in [0.5, 0.6) is 0 Å². The van der Waals surface area contributed by atoms with Crippen LogP contribution < -0.4 is 4.90 Å². The number of anilines is 1. The van der Waals surface area contributed by atoms with Crippen molar-refractivity contribution in [2.24, 2.45) is 0 Å². The summed E-state index contributed by atoms with van der Waals surface area (Å²) in [6.07, 6.45) is 0.793. The molecule has 0 atom stereocenters. The fraction of sp³-hybridized carbons (Fsp3) is 0.375. The first-order chi connectivity index (χ1) is 15.6. The number of aromatic nitrogens is 1. The Kier molecular flexibility index (Phi) is 7.14. The molecule has 7 nitrogen and oxygen atoms in total. The number of thiazole rings is 1. The van der Waals surface area contributed by atoms with Gasteiger partial charge in [0.15, 0.2) is 5.13 Å². The van der Waals surface area contributed by atoms with Gasteiger partial charge in [-0.2, -0.15) is 0 Å². The summed E-state index contributed by atoms with van der Waals surface area (Å²) in [4.78, 5) is 34.7. The smallest absolute Gasteiger partial charge is 0.338 e. The fourth-order valence-corrected chi connectivity index (χ4v) is 4.89. The van der Waals surface area contributed by atoms with Crippen molar-refractivity contribution < 1.29 is 19.1 Å². The van der Waals surface area contributed by atoms with Crippen LogP contribution in [0.15, 0.2) is 42.5 Å². The fourth-order valence-electron chi connectivity index (χ4n) is 3.80. The minimum Gasteiger partial charge on any atom is -0.465 e. The van der Waals surface area contributed by atoms with Crippen LogP contribution in [0.3, 0.4) is 0 Å². The molecular formula is C24H27N3O4S. The first kappa shape index (κ1) is 22.4. The van der Waals surface area contributed by atoms with Crippen LogP contribution in [-0.4, -0.2) is 68.3 Å². The molecule has 168 valence electrons. The van der Waals surface area contributed by atoms with Crippen LogP contribution in [-0.2, 0) is 9.47 Å². The van der Waals surface area contributed by atoms with Gasteiger partial charge in [0.2, 0.25) is 0 Å². The minimum absolute atomic E-state index is 0.247. The number of esters is 1. The molecule has 0 unspecified atom stereocenters. The number of hydrogen-bond donors (Lipinski definition) is 0. The van der Waals surface area contributed by atoms with Crippen LogP contribution in [0.4, 0.5) is 5.13 Å². The molecule has 0 spiro atoms. The highest BCUT2D eigenvalue weighted by Gasteiger charge is 2.26. The number of benzene rings is 2. The van der Waals surface area contributed by atoms with E-state index in [1.165, 1.54) is 18.4 Å². The molecule has 4 rings (SSSR count). The van der Waals surface area contributed by atoms with E-state index >= 15 is 0 Å². The molecule has 8 heteroatoms. The number of hydrogen-bond acceptors (Lipinski definition) is 7. The lowest BCUT2D eigenvalue weighted by Gasteiger charge is -2.28. The molecule has 0 radical (unpaired) electrons. The van der Waals surface area contributed by atoms with E-state index < -0.39 is 5.97 Å². The van der Waals surface area contributed by atoms with Gasteiger partial charge in [0.25, 0.3) is 5.91 Å². The van der Waals surface area contributed by atoms with Crippen LogP contribution in [0.1, 0.15) is 32.7 Å². The summed E-state index contributed by atoms with van der Waals surface area (Å²) in [5.41, 5.74) is 2.59. The molecule has 32 heavy (non-hydrogen) atoms. The van der Waals surface area contributed by atoms with E-state index in [9.17, 15) is 9.59 Å². The van der Waals surface area contributed by atoms with Crippen LogP contribution >= 0.6 is 11.3 Å². The summed E-state index contributed by atoms with van der Waals surface area (Å²) < 4.78 is 11.4. The number of aryl methyl sites for hydroxylation is 1. The van der Waals surface area contributed by atoms with Crippen molar-refractivity contribution >= 4 is 38.6 Å². The Morgan fingerprint density at radius 1 is 1.16 bits per heavy atom. The Morgan fingerprint density at radius 3 is 2.66 bits per heavy atom. The predicted octanol–water partition coefficient (Wildman–Crippen LogP) is 3.76. The summed E-state index contributed by atoms with van der Waals surface area (Å²) >= 11 is 1.49. The number of carbonyl (C=O) groups is 2. The second kappa shape index (κ2) is 10.2. The highest BCUT2D eigenvalue weighted by atomic mass is 32.1. The van der Waals surface area contributed by atoms with Gasteiger partial charge >= 0.3 is 5.97 Å². The first-order valence-corrected chi connectivity index (χ1v) is 11.5. The normalized spacial score (nSPS) is 14.4. The number of carbonyl (C=O) groups excluding carboxylic acids is 2. The molecule has 3 aromatic rings. The molecule has 1 fully saturated rings. The number of fused-ring (bicyclic) bond motifs is 1. The van der Waals surface area contributed by atoms with Crippen LogP contribution in [0, 0.1) is 6.92 Å². The van der Waals surface area contributed by atoms with Crippen molar-refractivity contribution in [1.82, 2.24) is 9.88 Å². The summed E-state index contributed by atoms with van der Waals surface area (Å²) in [5, 5.41) is 0.636. The molecule has 0 bridgehead atoms. The number of rotatable bonds is 7. The van der Waals surface area contributed by atoms with E-state index in [1.54, 1.807) is 29.2 Å². The molecule has 0 aliphatic carbocycles. The maximum absolute atomic E-state index is 13.7. The average molecular weight is 454 g/mol. The zero-order valence-corrected chi connectivity index (χ0v) is 19.2. The van der Waals surface area contributed by atoms with Crippen LogP contribution in [0.25, 0.3) is 10.2 Å². The monoisotopic (exact) mass is 453 g/mol. The van der Waals surface area contributed by atoms with Gasteiger partial charge in [-0.05, 0) is 43.2 Å². The lowest BCUT2D eigenvalue weighted by atomic mass is 10.1. The van der Waals surface area contributed by atoms with Gasteiger partial charge in [-0.1, -0.05) is 29.5 Å². The van der Waals surface area contributed by atoms with E-state index in [4.69, 9.17) is 14.5 Å². The molecule has 0 N–H and O–H groups in total. The molecule has 1 saturated heterocycles. The largest absolute Gasteiger partial charge is 0.465 e. The third-order valence-electron chi connectivity index (χ3n) is 5.53. The minimum atomic E-state index is -0.526. The van der Waals surface area contributed by atoms with E-state index in [0.717, 1.165) is 55.0 Å². The van der Waals surface area contributed by atoms with Gasteiger partial charge in [-0.15, -0.1) is 0 Å². The van der Waals surface area contributed by atoms with Crippen molar-refractivity contribution in [3.05, 3.63) is 59.2 Å². The quantitative estimate of drug-likeness (QED) is 0.507. The van der Waals surface area contributed by atoms with Gasteiger partial charge in [-0.3, -0.25) is 14.6 Å². The molecule has 2 heterocycles. The zero-order valence-electron chi connectivity index (χ0n) is 18.4. The van der Waals surface area contributed by atoms with E-state index in [0.29, 0.717) is 17.2 Å². The van der Waals surface area contributed by atoms with Gasteiger partial charge in [-0.25, -0.2) is 9.78 Å². The van der Waals surface area contributed by atoms with Crippen LogP contribution in [0.2, 0.25) is 0 Å². The van der Waals surface area contributed by atoms with Crippen molar-refractivity contribution in [2.45, 2.75) is 13.3 Å².